The summed E-state index contributed by atoms with van der Waals surface area (Å²) >= 11 is 0. The van der Waals surface area contributed by atoms with Crippen molar-refractivity contribution in [3.8, 4) is 0 Å². The fourth-order valence-corrected chi connectivity index (χ4v) is 7.38. The van der Waals surface area contributed by atoms with Gasteiger partial charge in [-0.3, -0.25) is 9.59 Å². The van der Waals surface area contributed by atoms with Gasteiger partial charge in [-0.1, -0.05) is 223 Å². The van der Waals surface area contributed by atoms with Crippen LogP contribution < -0.4 is 0 Å². The van der Waals surface area contributed by atoms with E-state index >= 15 is 0 Å². The Bertz CT molecular complexity index is 1900. The molecular weight excluding hydrogens is 983 g/mol. The number of carboxylic acid groups (broad SMARTS) is 1. The molecule has 0 rings (SSSR count). The van der Waals surface area contributed by atoms with Gasteiger partial charge in [-0.05, 0) is 128 Å². The number of nitrogens with zero attached hydrogens (tertiary/aromatic N) is 1. The second kappa shape index (κ2) is 58.8. The molecule has 0 radical (unpaired) electrons. The molecule has 0 fully saturated rings. The van der Waals surface area contributed by atoms with Crippen LogP contribution in [0.2, 0.25) is 0 Å². The van der Waals surface area contributed by atoms with Crippen LogP contribution in [0.1, 0.15) is 194 Å². The summed E-state index contributed by atoms with van der Waals surface area (Å²) in [6.45, 7) is 4.55. The summed E-state index contributed by atoms with van der Waals surface area (Å²) in [7, 11) is 5.93. The SMILES string of the molecule is CC/C=C\C/C=C\C/C=C\C/C=C\C/C=C\C/C=C\C/C=C\C/C=C\CCCCC(=O)OC(COC(=O)CCCCCCCCCC/C=C\C/C=C\C/C=C\C/C=C\C/C=C\C/C=C\CC)COC(OCC[N+](C)(C)C)C(=O)O. The van der Waals surface area contributed by atoms with E-state index in [4.69, 9.17) is 18.9 Å². The van der Waals surface area contributed by atoms with Gasteiger partial charge in [-0.15, -0.1) is 0 Å². The first-order chi connectivity index (χ1) is 38.6. The zero-order valence-corrected chi connectivity index (χ0v) is 50.2. The minimum Gasteiger partial charge on any atom is -0.477 e. The van der Waals surface area contributed by atoms with Crippen LogP contribution in [0, 0.1) is 0 Å². The van der Waals surface area contributed by atoms with Gasteiger partial charge in [0.2, 0.25) is 0 Å². The molecule has 1 N–H and O–H groups in total. The number of allylic oxidation sites excluding steroid dienone is 28. The maximum atomic E-state index is 12.9. The highest BCUT2D eigenvalue weighted by Gasteiger charge is 2.25. The molecule has 0 aliphatic heterocycles. The highest BCUT2D eigenvalue weighted by atomic mass is 16.7. The largest absolute Gasteiger partial charge is 0.477 e. The lowest BCUT2D eigenvalue weighted by atomic mass is 10.1. The average Bonchev–Trinajstić information content (AvgIpc) is 3.42. The topological polar surface area (TPSA) is 108 Å². The molecule has 0 aromatic rings. The third kappa shape index (κ3) is 60.1. The molecule has 0 aliphatic rings. The van der Waals surface area contributed by atoms with Crippen LogP contribution in [-0.4, -0.2) is 87.4 Å². The van der Waals surface area contributed by atoms with Crippen molar-refractivity contribution < 1.29 is 42.9 Å². The Morgan fingerprint density at radius 2 is 0.684 bits per heavy atom. The lowest BCUT2D eigenvalue weighted by Crippen LogP contribution is -2.40. The highest BCUT2D eigenvalue weighted by molar-refractivity contribution is 5.71. The van der Waals surface area contributed by atoms with Crippen LogP contribution in [0.4, 0.5) is 0 Å². The molecule has 0 bridgehead atoms. The molecule has 442 valence electrons. The Labute approximate surface area is 482 Å². The first-order valence-corrected chi connectivity index (χ1v) is 30.3. The van der Waals surface area contributed by atoms with Crippen molar-refractivity contribution in [1.82, 2.24) is 0 Å². The number of unbranched alkanes of at least 4 members (excludes halogenated alkanes) is 10. The molecule has 0 spiro atoms. The van der Waals surface area contributed by atoms with Gasteiger partial charge in [0.25, 0.3) is 6.29 Å². The minimum absolute atomic E-state index is 0.167. The maximum absolute atomic E-state index is 12.9. The van der Waals surface area contributed by atoms with Crippen molar-refractivity contribution >= 4 is 17.9 Å². The summed E-state index contributed by atoms with van der Waals surface area (Å²) < 4.78 is 22.8. The zero-order chi connectivity index (χ0) is 57.6. The molecule has 0 saturated heterocycles. The van der Waals surface area contributed by atoms with E-state index in [1.807, 2.05) is 21.1 Å². The number of hydrogen-bond acceptors (Lipinski definition) is 7. The van der Waals surface area contributed by atoms with Crippen LogP contribution in [0.25, 0.3) is 0 Å². The van der Waals surface area contributed by atoms with Crippen LogP contribution in [0.5, 0.6) is 0 Å². The van der Waals surface area contributed by atoms with Gasteiger partial charge in [0.05, 0.1) is 34.4 Å². The lowest BCUT2D eigenvalue weighted by molar-refractivity contribution is -0.870. The van der Waals surface area contributed by atoms with Crippen LogP contribution >= 0.6 is 0 Å². The van der Waals surface area contributed by atoms with Crippen LogP contribution in [0.15, 0.2) is 170 Å². The average molecular weight is 1090 g/mol. The normalized spacial score (nSPS) is 14.0. The maximum Gasteiger partial charge on any atom is 0.361 e. The first-order valence-electron chi connectivity index (χ1n) is 30.3. The number of aliphatic carboxylic acids is 1. The Morgan fingerprint density at radius 3 is 1.04 bits per heavy atom. The molecule has 0 amide bonds. The molecule has 2 unspecified atom stereocenters. The summed E-state index contributed by atoms with van der Waals surface area (Å²) in [5, 5.41) is 9.72. The molecule has 0 aromatic carbocycles. The van der Waals surface area contributed by atoms with Gasteiger partial charge < -0.3 is 28.5 Å². The van der Waals surface area contributed by atoms with Crippen molar-refractivity contribution in [2.75, 3.05) is 47.5 Å². The number of quaternary nitrogens is 1. The van der Waals surface area contributed by atoms with E-state index in [0.29, 0.717) is 17.4 Å². The van der Waals surface area contributed by atoms with Gasteiger partial charge in [0.1, 0.15) is 13.2 Å². The first kappa shape index (κ1) is 73.7. The van der Waals surface area contributed by atoms with Crippen molar-refractivity contribution in [3.63, 3.8) is 0 Å². The van der Waals surface area contributed by atoms with E-state index in [2.05, 4.69) is 184 Å². The molecule has 0 aromatic heterocycles. The number of esters is 2. The summed E-state index contributed by atoms with van der Waals surface area (Å²) in [6, 6.07) is 0. The van der Waals surface area contributed by atoms with Gasteiger partial charge in [-0.2, -0.15) is 0 Å². The van der Waals surface area contributed by atoms with E-state index in [9.17, 15) is 19.5 Å². The number of rotatable bonds is 53. The van der Waals surface area contributed by atoms with Crippen molar-refractivity contribution in [2.24, 2.45) is 0 Å². The zero-order valence-electron chi connectivity index (χ0n) is 50.2. The fourth-order valence-electron chi connectivity index (χ4n) is 7.38. The van der Waals surface area contributed by atoms with Crippen molar-refractivity contribution in [2.45, 2.75) is 206 Å². The smallest absolute Gasteiger partial charge is 0.361 e. The second-order valence-electron chi connectivity index (χ2n) is 20.5. The summed E-state index contributed by atoms with van der Waals surface area (Å²) in [5.41, 5.74) is 0. The number of ether oxygens (including phenoxy) is 4. The van der Waals surface area contributed by atoms with E-state index < -0.39 is 24.3 Å². The number of carboxylic acids is 1. The molecule has 79 heavy (non-hydrogen) atoms. The fraction of sp³-hybridized carbons (Fsp3) is 0.557. The van der Waals surface area contributed by atoms with Crippen LogP contribution in [-0.2, 0) is 33.3 Å². The highest BCUT2D eigenvalue weighted by Crippen LogP contribution is 2.13. The molecule has 9 nitrogen and oxygen atoms in total. The standard InChI is InChI=1S/C70H109NO8/c1-6-8-10-12-14-16-18-20-22-24-26-28-30-32-34-36-38-40-42-44-46-48-50-52-54-56-58-60-67(72)77-64-66(65-78-70(69(74)75)76-63-62-71(3,4)5)79-68(73)61-59-57-55-53-51-49-47-45-43-41-39-37-35-33-31-29-27-25-23-21-19-17-15-13-11-9-7-2/h8-11,14-17,20-23,26-29,32-35,38-41,45,47,51,53,66,70H,6-7,12-13,18-19,24-25,30-31,36-37,42-44,46,48-50,52,54-65H2,1-5H3/p+1/b10-8-,11-9-,16-14-,17-15-,22-20-,23-21-,28-26-,29-27-,34-32-,35-33-,40-38-,41-39-,47-45-,53-51-. The van der Waals surface area contributed by atoms with Gasteiger partial charge in [-0.25, -0.2) is 4.79 Å². The van der Waals surface area contributed by atoms with E-state index in [0.717, 1.165) is 135 Å². The number of carbonyl (C=O) groups excluding carboxylic acids is 2. The van der Waals surface area contributed by atoms with Crippen molar-refractivity contribution in [3.05, 3.63) is 170 Å². The second-order valence-corrected chi connectivity index (χ2v) is 20.5. The van der Waals surface area contributed by atoms with Gasteiger partial charge >= 0.3 is 17.9 Å². The molecule has 0 saturated carbocycles. The number of hydrogen-bond donors (Lipinski definition) is 1. The monoisotopic (exact) mass is 1090 g/mol. The molecule has 0 aliphatic carbocycles. The molecule has 0 heterocycles. The van der Waals surface area contributed by atoms with Gasteiger partial charge in [0, 0.05) is 12.8 Å². The van der Waals surface area contributed by atoms with Crippen molar-refractivity contribution in [1.29, 1.82) is 0 Å². The van der Waals surface area contributed by atoms with Crippen LogP contribution in [0.3, 0.4) is 0 Å². The summed E-state index contributed by atoms with van der Waals surface area (Å²) in [4.78, 5) is 37.5. The summed E-state index contributed by atoms with van der Waals surface area (Å²) in [6.07, 6.45) is 85.8. The number of likely N-dealkylation sites (N-methyl/N-ethyl adjacent to an activating group) is 1. The Hall–Kier alpha value is -5.35. The molecule has 9 heteroatoms. The van der Waals surface area contributed by atoms with E-state index in [1.54, 1.807) is 0 Å². The third-order valence-corrected chi connectivity index (χ3v) is 12.0. The summed E-state index contributed by atoms with van der Waals surface area (Å²) in [5.74, 6) is -2.10. The number of carbonyl (C=O) groups is 3. The Balaban J connectivity index is 4.39. The predicted molar refractivity (Wildman–Crippen MR) is 336 cm³/mol. The van der Waals surface area contributed by atoms with E-state index in [1.165, 1.54) is 25.7 Å². The molecule has 2 atom stereocenters. The minimum atomic E-state index is -1.54. The quantitative estimate of drug-likeness (QED) is 0.0211. The Kier molecular flexibility index (Phi) is 54.8. The van der Waals surface area contributed by atoms with Gasteiger partial charge in [0.15, 0.2) is 6.10 Å². The Morgan fingerprint density at radius 1 is 0.380 bits per heavy atom. The molecular formula is C70H110NO8+. The predicted octanol–water partition coefficient (Wildman–Crippen LogP) is 18.3. The van der Waals surface area contributed by atoms with E-state index in [-0.39, 0.29) is 38.6 Å². The third-order valence-electron chi connectivity index (χ3n) is 12.0. The lowest BCUT2D eigenvalue weighted by Gasteiger charge is -2.25.